The van der Waals surface area contributed by atoms with Crippen molar-refractivity contribution < 1.29 is 14.4 Å². The summed E-state index contributed by atoms with van der Waals surface area (Å²) in [6, 6.07) is 24.8. The first-order valence-corrected chi connectivity index (χ1v) is 10.7. The van der Waals surface area contributed by atoms with E-state index in [9.17, 15) is 14.4 Å². The first-order valence-electron chi connectivity index (χ1n) is 9.46. The van der Waals surface area contributed by atoms with Gasteiger partial charge >= 0.3 is 0 Å². The number of para-hydroxylation sites is 2. The smallest absolute Gasteiger partial charge is 0.235 e. The maximum Gasteiger partial charge on any atom is 0.235 e. The molecule has 2 N–H and O–H groups in total. The van der Waals surface area contributed by atoms with E-state index >= 15 is 0 Å². The van der Waals surface area contributed by atoms with Crippen LogP contribution in [-0.2, 0) is 9.59 Å². The SMILES string of the molecule is CSc1ccccc1NC(=O)CC(C(=O)Nc1ccccc1)C(=O)c1ccccc1. The third-order valence-electron chi connectivity index (χ3n) is 4.50. The minimum Gasteiger partial charge on any atom is -0.325 e. The van der Waals surface area contributed by atoms with Crippen LogP contribution < -0.4 is 10.6 Å². The third kappa shape index (κ3) is 5.58. The van der Waals surface area contributed by atoms with Crippen molar-refractivity contribution in [2.75, 3.05) is 16.9 Å². The number of hydrogen-bond donors (Lipinski definition) is 2. The second-order valence-electron chi connectivity index (χ2n) is 6.59. The van der Waals surface area contributed by atoms with Crippen LogP contribution in [0.1, 0.15) is 16.8 Å². The maximum absolute atomic E-state index is 13.0. The molecule has 0 fully saturated rings. The van der Waals surface area contributed by atoms with Crippen molar-refractivity contribution in [2.24, 2.45) is 5.92 Å². The minimum atomic E-state index is -1.14. The highest BCUT2D eigenvalue weighted by Crippen LogP contribution is 2.25. The topological polar surface area (TPSA) is 75.3 Å². The van der Waals surface area contributed by atoms with Gasteiger partial charge in [-0.2, -0.15) is 0 Å². The molecule has 5 nitrogen and oxygen atoms in total. The molecule has 152 valence electrons. The standard InChI is InChI=1S/C24H22N2O3S/c1-30-21-15-9-8-14-20(21)26-22(27)16-19(23(28)17-10-4-2-5-11-17)24(29)25-18-12-6-3-7-13-18/h2-15,19H,16H2,1H3,(H,25,29)(H,26,27). The number of nitrogens with one attached hydrogen (secondary N) is 2. The fourth-order valence-electron chi connectivity index (χ4n) is 2.99. The fraction of sp³-hybridized carbons (Fsp3) is 0.125. The molecule has 0 aromatic heterocycles. The molecular formula is C24H22N2O3S. The van der Waals surface area contributed by atoms with Crippen LogP contribution in [0.5, 0.6) is 0 Å². The highest BCUT2D eigenvalue weighted by molar-refractivity contribution is 7.98. The lowest BCUT2D eigenvalue weighted by atomic mass is 9.93. The molecule has 0 aliphatic heterocycles. The number of ketones is 1. The van der Waals surface area contributed by atoms with Crippen molar-refractivity contribution in [3.8, 4) is 0 Å². The van der Waals surface area contributed by atoms with Crippen LogP contribution in [0.15, 0.2) is 89.8 Å². The molecule has 2 amide bonds. The van der Waals surface area contributed by atoms with E-state index in [1.807, 2.05) is 30.5 Å². The van der Waals surface area contributed by atoms with Crippen molar-refractivity contribution in [1.82, 2.24) is 0 Å². The first kappa shape index (κ1) is 21.3. The fourth-order valence-corrected chi connectivity index (χ4v) is 3.55. The number of rotatable bonds is 8. The Labute approximate surface area is 179 Å². The number of thioether (sulfide) groups is 1. The predicted molar refractivity (Wildman–Crippen MR) is 121 cm³/mol. The molecule has 0 saturated heterocycles. The monoisotopic (exact) mass is 418 g/mol. The summed E-state index contributed by atoms with van der Waals surface area (Å²) < 4.78 is 0. The van der Waals surface area contributed by atoms with E-state index in [-0.39, 0.29) is 6.42 Å². The number of carbonyl (C=O) groups excluding carboxylic acids is 3. The average Bonchev–Trinajstić information content (AvgIpc) is 2.78. The van der Waals surface area contributed by atoms with Gasteiger partial charge in [0.05, 0.1) is 5.69 Å². The summed E-state index contributed by atoms with van der Waals surface area (Å²) in [6.45, 7) is 0. The number of benzene rings is 3. The number of anilines is 2. The molecule has 0 saturated carbocycles. The Bertz CT molecular complexity index is 1020. The van der Waals surface area contributed by atoms with Crippen molar-refractivity contribution in [1.29, 1.82) is 0 Å². The molecule has 0 bridgehead atoms. The Morgan fingerprint density at radius 2 is 1.40 bits per heavy atom. The van der Waals surface area contributed by atoms with Gasteiger partial charge in [0, 0.05) is 22.6 Å². The molecule has 6 heteroatoms. The molecule has 30 heavy (non-hydrogen) atoms. The molecule has 0 spiro atoms. The Kier molecular flexibility index (Phi) is 7.40. The zero-order valence-corrected chi connectivity index (χ0v) is 17.3. The number of carbonyl (C=O) groups is 3. The molecule has 0 radical (unpaired) electrons. The van der Waals surface area contributed by atoms with Gasteiger partial charge in [-0.05, 0) is 30.5 Å². The molecule has 0 heterocycles. The second-order valence-corrected chi connectivity index (χ2v) is 7.44. The largest absolute Gasteiger partial charge is 0.325 e. The van der Waals surface area contributed by atoms with E-state index in [4.69, 9.17) is 0 Å². The summed E-state index contributed by atoms with van der Waals surface area (Å²) in [5.74, 6) is -2.44. The number of hydrogen-bond acceptors (Lipinski definition) is 4. The van der Waals surface area contributed by atoms with E-state index in [1.54, 1.807) is 60.7 Å². The quantitative estimate of drug-likeness (QED) is 0.311. The van der Waals surface area contributed by atoms with Gasteiger partial charge in [0.2, 0.25) is 11.8 Å². The van der Waals surface area contributed by atoms with Gasteiger partial charge in [-0.3, -0.25) is 14.4 Å². The molecule has 1 unspecified atom stereocenters. The molecular weight excluding hydrogens is 396 g/mol. The van der Waals surface area contributed by atoms with Crippen LogP contribution in [0, 0.1) is 5.92 Å². The Morgan fingerprint density at radius 1 is 0.800 bits per heavy atom. The Hall–Kier alpha value is -3.38. The van der Waals surface area contributed by atoms with Crippen LogP contribution in [0.2, 0.25) is 0 Å². The minimum absolute atomic E-state index is 0.255. The molecule has 0 aliphatic rings. The van der Waals surface area contributed by atoms with Gasteiger partial charge in [0.1, 0.15) is 5.92 Å². The van der Waals surface area contributed by atoms with Crippen LogP contribution >= 0.6 is 11.8 Å². The zero-order chi connectivity index (χ0) is 21.3. The van der Waals surface area contributed by atoms with Crippen molar-refractivity contribution in [3.05, 3.63) is 90.5 Å². The molecule has 3 aromatic rings. The van der Waals surface area contributed by atoms with Crippen molar-refractivity contribution in [3.63, 3.8) is 0 Å². The van der Waals surface area contributed by atoms with E-state index in [2.05, 4.69) is 10.6 Å². The first-order chi connectivity index (χ1) is 14.6. The normalized spacial score (nSPS) is 11.4. The molecule has 1 atom stereocenters. The third-order valence-corrected chi connectivity index (χ3v) is 5.30. The molecule has 0 aliphatic carbocycles. The van der Waals surface area contributed by atoms with Gasteiger partial charge in [0.15, 0.2) is 5.78 Å². The summed E-state index contributed by atoms with van der Waals surface area (Å²) in [4.78, 5) is 39.6. The van der Waals surface area contributed by atoms with Crippen molar-refractivity contribution >= 4 is 40.7 Å². The van der Waals surface area contributed by atoms with Crippen molar-refractivity contribution in [2.45, 2.75) is 11.3 Å². The maximum atomic E-state index is 13.0. The van der Waals surface area contributed by atoms with E-state index in [1.165, 1.54) is 11.8 Å². The summed E-state index contributed by atoms with van der Waals surface area (Å²) in [6.07, 6.45) is 1.66. The van der Waals surface area contributed by atoms with Crippen LogP contribution in [0.25, 0.3) is 0 Å². The van der Waals surface area contributed by atoms with Gasteiger partial charge in [0.25, 0.3) is 0 Å². The highest BCUT2D eigenvalue weighted by atomic mass is 32.2. The van der Waals surface area contributed by atoms with Crippen LogP contribution in [0.3, 0.4) is 0 Å². The Balaban J connectivity index is 1.80. The van der Waals surface area contributed by atoms with Gasteiger partial charge < -0.3 is 10.6 Å². The lowest BCUT2D eigenvalue weighted by Gasteiger charge is -2.17. The summed E-state index contributed by atoms with van der Waals surface area (Å²) in [5, 5.41) is 5.57. The predicted octanol–water partition coefficient (Wildman–Crippen LogP) is 4.87. The number of amides is 2. The summed E-state index contributed by atoms with van der Waals surface area (Å²) in [7, 11) is 0. The van der Waals surface area contributed by atoms with E-state index in [0.29, 0.717) is 16.9 Å². The van der Waals surface area contributed by atoms with E-state index in [0.717, 1.165) is 4.90 Å². The van der Waals surface area contributed by atoms with Gasteiger partial charge in [-0.15, -0.1) is 11.8 Å². The summed E-state index contributed by atoms with van der Waals surface area (Å²) >= 11 is 1.51. The lowest BCUT2D eigenvalue weighted by Crippen LogP contribution is -2.33. The molecule has 3 rings (SSSR count). The second kappa shape index (κ2) is 10.4. The lowest BCUT2D eigenvalue weighted by molar-refractivity contribution is -0.123. The Morgan fingerprint density at radius 3 is 2.07 bits per heavy atom. The van der Waals surface area contributed by atoms with Gasteiger partial charge in [-0.1, -0.05) is 60.7 Å². The number of Topliss-reactive ketones (excluding diaryl/α,β-unsaturated/α-hetero) is 1. The summed E-state index contributed by atoms with van der Waals surface area (Å²) in [5.41, 5.74) is 1.62. The van der Waals surface area contributed by atoms with E-state index < -0.39 is 23.5 Å². The zero-order valence-electron chi connectivity index (χ0n) is 16.5. The van der Waals surface area contributed by atoms with Crippen LogP contribution in [-0.4, -0.2) is 23.9 Å². The van der Waals surface area contributed by atoms with Crippen LogP contribution in [0.4, 0.5) is 11.4 Å². The van der Waals surface area contributed by atoms with Gasteiger partial charge in [-0.25, -0.2) is 0 Å². The highest BCUT2D eigenvalue weighted by Gasteiger charge is 2.30. The average molecular weight is 419 g/mol. The molecule has 3 aromatic carbocycles.